The van der Waals surface area contributed by atoms with Crippen LogP contribution >= 0.6 is 15.9 Å². The van der Waals surface area contributed by atoms with Crippen LogP contribution in [0.15, 0.2) is 22.7 Å². The monoisotopic (exact) mass is 310 g/mol. The molecule has 98 valence electrons. The molecule has 1 amide bonds. The van der Waals surface area contributed by atoms with Gasteiger partial charge in [0.1, 0.15) is 0 Å². The van der Waals surface area contributed by atoms with E-state index in [1.165, 1.54) is 0 Å². The van der Waals surface area contributed by atoms with E-state index >= 15 is 0 Å². The average Bonchev–Trinajstić information content (AvgIpc) is 2.41. The first-order valence-corrected chi connectivity index (χ1v) is 7.14. The molecule has 4 heteroatoms. The third-order valence-corrected chi connectivity index (χ3v) is 4.46. The molecule has 0 radical (unpaired) electrons. The van der Waals surface area contributed by atoms with Crippen LogP contribution < -0.4 is 5.32 Å². The predicted molar refractivity (Wildman–Crippen MR) is 76.9 cm³/mol. The summed E-state index contributed by atoms with van der Waals surface area (Å²) in [6.45, 7) is 3.71. The van der Waals surface area contributed by atoms with Gasteiger partial charge in [-0.15, -0.1) is 0 Å². The molecule has 0 aromatic heterocycles. The average molecular weight is 311 g/mol. The van der Waals surface area contributed by atoms with E-state index in [0.29, 0.717) is 6.04 Å². The SMILES string of the molecule is CNC1CCN(C(=O)c2ccc(C)c(Br)c2)CC1. The van der Waals surface area contributed by atoms with Crippen molar-refractivity contribution in [2.75, 3.05) is 20.1 Å². The maximum Gasteiger partial charge on any atom is 0.253 e. The Labute approximate surface area is 117 Å². The van der Waals surface area contributed by atoms with E-state index in [9.17, 15) is 4.79 Å². The number of carbonyl (C=O) groups excluding carboxylic acids is 1. The van der Waals surface area contributed by atoms with E-state index in [1.54, 1.807) is 0 Å². The molecule has 1 N–H and O–H groups in total. The molecule has 1 aromatic rings. The number of piperidine rings is 1. The predicted octanol–water partition coefficient (Wildman–Crippen LogP) is 2.58. The number of hydrogen-bond donors (Lipinski definition) is 1. The van der Waals surface area contributed by atoms with Crippen molar-refractivity contribution in [1.29, 1.82) is 0 Å². The number of amides is 1. The molecule has 1 aliphatic rings. The zero-order valence-corrected chi connectivity index (χ0v) is 12.5. The zero-order valence-electron chi connectivity index (χ0n) is 10.9. The smallest absolute Gasteiger partial charge is 0.253 e. The number of nitrogens with one attached hydrogen (secondary N) is 1. The van der Waals surface area contributed by atoms with Crippen LogP contribution in [0.1, 0.15) is 28.8 Å². The normalized spacial score (nSPS) is 16.9. The highest BCUT2D eigenvalue weighted by molar-refractivity contribution is 9.10. The molecule has 1 heterocycles. The minimum absolute atomic E-state index is 0.144. The van der Waals surface area contributed by atoms with E-state index in [2.05, 4.69) is 21.2 Å². The minimum atomic E-state index is 0.144. The van der Waals surface area contributed by atoms with Crippen molar-refractivity contribution in [2.45, 2.75) is 25.8 Å². The van der Waals surface area contributed by atoms with Gasteiger partial charge < -0.3 is 10.2 Å². The summed E-state index contributed by atoms with van der Waals surface area (Å²) < 4.78 is 0.999. The van der Waals surface area contributed by atoms with Crippen molar-refractivity contribution in [3.63, 3.8) is 0 Å². The number of benzene rings is 1. The molecule has 0 aliphatic carbocycles. The molecule has 0 spiro atoms. The number of likely N-dealkylation sites (tertiary alicyclic amines) is 1. The summed E-state index contributed by atoms with van der Waals surface area (Å²) in [5.41, 5.74) is 1.93. The Morgan fingerprint density at radius 1 is 1.39 bits per heavy atom. The van der Waals surface area contributed by atoms with E-state index in [1.807, 2.05) is 37.1 Å². The maximum absolute atomic E-state index is 12.3. The minimum Gasteiger partial charge on any atom is -0.339 e. The quantitative estimate of drug-likeness (QED) is 0.910. The van der Waals surface area contributed by atoms with Crippen LogP contribution in [0.2, 0.25) is 0 Å². The lowest BCUT2D eigenvalue weighted by Gasteiger charge is -2.32. The molecule has 0 unspecified atom stereocenters. The fourth-order valence-corrected chi connectivity index (χ4v) is 2.66. The Morgan fingerprint density at radius 3 is 2.61 bits per heavy atom. The topological polar surface area (TPSA) is 32.3 Å². The zero-order chi connectivity index (χ0) is 13.1. The van der Waals surface area contributed by atoms with Crippen molar-refractivity contribution < 1.29 is 4.79 Å². The van der Waals surface area contributed by atoms with Crippen LogP contribution in [0.3, 0.4) is 0 Å². The number of aryl methyl sites for hydroxylation is 1. The van der Waals surface area contributed by atoms with Crippen LogP contribution in [0.25, 0.3) is 0 Å². The number of halogens is 1. The van der Waals surface area contributed by atoms with Gasteiger partial charge in [0, 0.05) is 29.2 Å². The first-order chi connectivity index (χ1) is 8.61. The summed E-state index contributed by atoms with van der Waals surface area (Å²) >= 11 is 3.48. The molecule has 18 heavy (non-hydrogen) atoms. The van der Waals surface area contributed by atoms with E-state index in [4.69, 9.17) is 0 Å². The van der Waals surface area contributed by atoms with Gasteiger partial charge in [0.15, 0.2) is 0 Å². The third kappa shape index (κ3) is 2.93. The summed E-state index contributed by atoms with van der Waals surface area (Å²) in [7, 11) is 1.99. The molecule has 1 saturated heterocycles. The number of nitrogens with zero attached hydrogens (tertiary/aromatic N) is 1. The van der Waals surface area contributed by atoms with E-state index < -0.39 is 0 Å². The van der Waals surface area contributed by atoms with Gasteiger partial charge in [-0.3, -0.25) is 4.79 Å². The van der Waals surface area contributed by atoms with E-state index in [0.717, 1.165) is 41.5 Å². The fourth-order valence-electron chi connectivity index (χ4n) is 2.28. The summed E-state index contributed by atoms with van der Waals surface area (Å²) in [4.78, 5) is 14.3. The van der Waals surface area contributed by atoms with Gasteiger partial charge in [-0.05, 0) is 44.5 Å². The summed E-state index contributed by atoms with van der Waals surface area (Å²) in [5.74, 6) is 0.144. The molecule has 3 nitrogen and oxygen atoms in total. The Kier molecular flexibility index (Phi) is 4.40. The lowest BCUT2D eigenvalue weighted by Crippen LogP contribution is -2.43. The fraction of sp³-hybridized carbons (Fsp3) is 0.500. The molecule has 1 aromatic carbocycles. The number of hydrogen-bond acceptors (Lipinski definition) is 2. The number of rotatable bonds is 2. The van der Waals surface area contributed by atoms with Gasteiger partial charge >= 0.3 is 0 Å². The van der Waals surface area contributed by atoms with Crippen LogP contribution in [0, 0.1) is 6.92 Å². The third-order valence-electron chi connectivity index (χ3n) is 3.61. The summed E-state index contributed by atoms with van der Waals surface area (Å²) in [6.07, 6.45) is 2.07. The second-order valence-corrected chi connectivity index (χ2v) is 5.67. The van der Waals surface area contributed by atoms with Crippen molar-refractivity contribution in [2.24, 2.45) is 0 Å². The lowest BCUT2D eigenvalue weighted by molar-refractivity contribution is 0.0707. The van der Waals surface area contributed by atoms with Crippen LogP contribution in [-0.4, -0.2) is 37.0 Å². The molecule has 1 aliphatic heterocycles. The van der Waals surface area contributed by atoms with Gasteiger partial charge in [0.25, 0.3) is 5.91 Å². The van der Waals surface area contributed by atoms with Crippen LogP contribution in [0.5, 0.6) is 0 Å². The Balaban J connectivity index is 2.05. The second kappa shape index (κ2) is 5.85. The first-order valence-electron chi connectivity index (χ1n) is 6.34. The van der Waals surface area contributed by atoms with Crippen molar-refractivity contribution in [3.8, 4) is 0 Å². The van der Waals surface area contributed by atoms with Gasteiger partial charge in [-0.1, -0.05) is 22.0 Å². The molecule has 0 bridgehead atoms. The van der Waals surface area contributed by atoms with Crippen LogP contribution in [-0.2, 0) is 0 Å². The Bertz CT molecular complexity index is 439. The van der Waals surface area contributed by atoms with Gasteiger partial charge in [-0.2, -0.15) is 0 Å². The van der Waals surface area contributed by atoms with Crippen molar-refractivity contribution in [3.05, 3.63) is 33.8 Å². The molecule has 1 fully saturated rings. The first kappa shape index (κ1) is 13.6. The summed E-state index contributed by atoms with van der Waals surface area (Å²) in [6, 6.07) is 6.37. The molecule has 0 saturated carbocycles. The molecule has 2 rings (SSSR count). The second-order valence-electron chi connectivity index (χ2n) is 4.82. The standard InChI is InChI=1S/C14H19BrN2O/c1-10-3-4-11(9-13(10)15)14(18)17-7-5-12(16-2)6-8-17/h3-4,9,12,16H,5-8H2,1-2H3. The number of carbonyl (C=O) groups is 1. The molecular formula is C14H19BrN2O. The molecular weight excluding hydrogens is 292 g/mol. The highest BCUT2D eigenvalue weighted by atomic mass is 79.9. The molecule has 0 atom stereocenters. The van der Waals surface area contributed by atoms with Crippen LogP contribution in [0.4, 0.5) is 0 Å². The largest absolute Gasteiger partial charge is 0.339 e. The van der Waals surface area contributed by atoms with E-state index in [-0.39, 0.29) is 5.91 Å². The highest BCUT2D eigenvalue weighted by Crippen LogP contribution is 2.20. The Morgan fingerprint density at radius 2 is 2.06 bits per heavy atom. The maximum atomic E-state index is 12.3. The van der Waals surface area contributed by atoms with Gasteiger partial charge in [-0.25, -0.2) is 0 Å². The van der Waals surface area contributed by atoms with Gasteiger partial charge in [0.2, 0.25) is 0 Å². The highest BCUT2D eigenvalue weighted by Gasteiger charge is 2.22. The van der Waals surface area contributed by atoms with Crippen molar-refractivity contribution in [1.82, 2.24) is 10.2 Å². The summed E-state index contributed by atoms with van der Waals surface area (Å²) in [5, 5.41) is 3.27. The Hall–Kier alpha value is -0.870. The van der Waals surface area contributed by atoms with Crippen molar-refractivity contribution >= 4 is 21.8 Å². The lowest BCUT2D eigenvalue weighted by atomic mass is 10.0. The van der Waals surface area contributed by atoms with Gasteiger partial charge in [0.05, 0.1) is 0 Å².